The van der Waals surface area contributed by atoms with Crippen LogP contribution in [0, 0.1) is 0 Å². The molecule has 7 rings (SSSR count). The first-order valence-corrected chi connectivity index (χ1v) is 17.7. The van der Waals surface area contributed by atoms with Crippen LogP contribution in [0.25, 0.3) is 0 Å². The van der Waals surface area contributed by atoms with E-state index >= 15 is 0 Å². The first-order valence-electron chi connectivity index (χ1n) is 17.7. The van der Waals surface area contributed by atoms with Crippen LogP contribution in [0.15, 0.2) is 24.3 Å². The topological polar surface area (TPSA) is 64.7 Å². The number of benzene rings is 1. The van der Waals surface area contributed by atoms with Crippen molar-refractivity contribution in [3.63, 3.8) is 0 Å². The second-order valence-electron chi connectivity index (χ2n) is 15.5. The van der Waals surface area contributed by atoms with E-state index < -0.39 is 0 Å². The van der Waals surface area contributed by atoms with Crippen LogP contribution in [-0.2, 0) is 0 Å². The number of nitrogens with one attached hydrogen (secondary N) is 2. The molecule has 230 valence electrons. The van der Waals surface area contributed by atoms with Crippen LogP contribution in [0.3, 0.4) is 0 Å². The van der Waals surface area contributed by atoms with Gasteiger partial charge in [-0.05, 0) is 75.6 Å². The van der Waals surface area contributed by atoms with Crippen molar-refractivity contribution in [1.29, 1.82) is 0 Å². The third-order valence-corrected chi connectivity index (χ3v) is 12.2. The zero-order valence-electron chi connectivity index (χ0n) is 26.0. The molecule has 1 aromatic carbocycles. The average Bonchev–Trinajstić information content (AvgIpc) is 3.01. The molecular weight excluding hydrogens is 520 g/mol. The molecule has 6 aliphatic rings. The highest BCUT2D eigenvalue weighted by Crippen LogP contribution is 2.42. The van der Waals surface area contributed by atoms with Gasteiger partial charge in [-0.15, -0.1) is 0 Å². The van der Waals surface area contributed by atoms with Crippen molar-refractivity contribution in [3.05, 3.63) is 35.4 Å². The number of hydrogen-bond acceptors (Lipinski definition) is 4. The summed E-state index contributed by atoms with van der Waals surface area (Å²) in [6, 6.07) is 7.75. The highest BCUT2D eigenvalue weighted by Gasteiger charge is 2.50. The number of carbonyl (C=O) groups excluding carboxylic acids is 2. The summed E-state index contributed by atoms with van der Waals surface area (Å²) < 4.78 is 0. The summed E-state index contributed by atoms with van der Waals surface area (Å²) >= 11 is 0. The quantitative estimate of drug-likeness (QED) is 0.418. The minimum Gasteiger partial charge on any atom is -0.335 e. The molecule has 0 atom stereocenters. The first kappa shape index (κ1) is 28.8. The largest absolute Gasteiger partial charge is 0.335 e. The van der Waals surface area contributed by atoms with Crippen molar-refractivity contribution < 1.29 is 9.59 Å². The van der Waals surface area contributed by atoms with E-state index in [2.05, 4.69) is 20.4 Å². The van der Waals surface area contributed by atoms with Gasteiger partial charge in [-0.1, -0.05) is 77.0 Å². The lowest BCUT2D eigenvalue weighted by Crippen LogP contribution is -2.72. The van der Waals surface area contributed by atoms with E-state index in [-0.39, 0.29) is 34.0 Å². The smallest absolute Gasteiger partial charge is 0.253 e. The summed E-state index contributed by atoms with van der Waals surface area (Å²) in [4.78, 5) is 32.4. The summed E-state index contributed by atoms with van der Waals surface area (Å²) in [5, 5.41) is 8.36. The maximum atomic E-state index is 14.0. The molecule has 42 heavy (non-hydrogen) atoms. The lowest BCUT2D eigenvalue weighted by molar-refractivity contribution is 0.00675. The summed E-state index contributed by atoms with van der Waals surface area (Å²) in [5.41, 5.74) is 1.77. The fourth-order valence-electron chi connectivity index (χ4n) is 10.3. The number of hydrogen-bond donors (Lipinski definition) is 2. The van der Waals surface area contributed by atoms with E-state index in [0.717, 1.165) is 37.3 Å². The van der Waals surface area contributed by atoms with Gasteiger partial charge in [0.2, 0.25) is 0 Å². The molecule has 1 aromatic rings. The van der Waals surface area contributed by atoms with Gasteiger partial charge < -0.3 is 20.4 Å². The molecule has 4 saturated carbocycles. The van der Waals surface area contributed by atoms with Gasteiger partial charge in [-0.3, -0.25) is 9.59 Å². The van der Waals surface area contributed by atoms with E-state index in [9.17, 15) is 9.59 Å². The Morgan fingerprint density at radius 3 is 0.905 bits per heavy atom. The number of nitrogens with zero attached hydrogens (tertiary/aromatic N) is 2. The maximum Gasteiger partial charge on any atom is 0.253 e. The fraction of sp³-hybridized carbons (Fsp3) is 0.778. The summed E-state index contributed by atoms with van der Waals surface area (Å²) in [6.07, 6.45) is 24.8. The monoisotopic (exact) mass is 574 g/mol. The number of piperazine rings is 2. The van der Waals surface area contributed by atoms with Crippen molar-refractivity contribution >= 4 is 11.8 Å². The summed E-state index contributed by atoms with van der Waals surface area (Å²) in [6.45, 7) is 3.27. The third-order valence-electron chi connectivity index (χ3n) is 12.2. The van der Waals surface area contributed by atoms with Crippen molar-refractivity contribution in [3.8, 4) is 0 Å². The Morgan fingerprint density at radius 2 is 0.667 bits per heavy atom. The fourth-order valence-corrected chi connectivity index (χ4v) is 10.3. The Kier molecular flexibility index (Phi) is 7.92. The molecule has 0 aromatic heterocycles. The number of amides is 2. The highest BCUT2D eigenvalue weighted by atomic mass is 16.2. The molecule has 0 bridgehead atoms. The molecule has 2 aliphatic heterocycles. The van der Waals surface area contributed by atoms with Gasteiger partial charge >= 0.3 is 0 Å². The average molecular weight is 575 g/mol. The van der Waals surface area contributed by atoms with Gasteiger partial charge in [0.15, 0.2) is 0 Å². The second-order valence-corrected chi connectivity index (χ2v) is 15.5. The van der Waals surface area contributed by atoms with Gasteiger partial charge in [-0.2, -0.15) is 0 Å². The van der Waals surface area contributed by atoms with E-state index in [1.807, 2.05) is 24.3 Å². The summed E-state index contributed by atoms with van der Waals surface area (Å²) in [5.74, 6) is 0.296. The Balaban J connectivity index is 1.09. The molecule has 0 radical (unpaired) electrons. The molecule has 0 unspecified atom stereocenters. The SMILES string of the molecule is O=C(c1ccc(C(=O)N2CC3(CCCCC3)NC3(CCCCC3)C2)cc1)N1CC2(CCCCC2)NC2(CCCCC2)C1. The molecule has 6 fully saturated rings. The van der Waals surface area contributed by atoms with Crippen LogP contribution in [0.4, 0.5) is 0 Å². The van der Waals surface area contributed by atoms with Crippen molar-refractivity contribution in [2.75, 3.05) is 26.2 Å². The van der Waals surface area contributed by atoms with E-state index in [0.29, 0.717) is 0 Å². The summed E-state index contributed by atoms with van der Waals surface area (Å²) in [7, 11) is 0. The van der Waals surface area contributed by atoms with Gasteiger partial charge in [0, 0.05) is 59.5 Å². The van der Waals surface area contributed by atoms with Crippen LogP contribution in [0.5, 0.6) is 0 Å². The van der Waals surface area contributed by atoms with Gasteiger partial charge in [0.1, 0.15) is 0 Å². The Bertz CT molecular complexity index is 981. The minimum absolute atomic E-state index is 0.0753. The maximum absolute atomic E-state index is 14.0. The van der Waals surface area contributed by atoms with Crippen LogP contribution in [0.2, 0.25) is 0 Å². The van der Waals surface area contributed by atoms with Gasteiger partial charge in [0.25, 0.3) is 11.8 Å². The molecule has 2 amide bonds. The zero-order valence-corrected chi connectivity index (χ0v) is 26.0. The van der Waals surface area contributed by atoms with E-state index in [4.69, 9.17) is 0 Å². The minimum atomic E-state index is 0.0753. The van der Waals surface area contributed by atoms with Crippen LogP contribution < -0.4 is 10.6 Å². The molecular formula is C36H54N4O2. The highest BCUT2D eigenvalue weighted by molar-refractivity contribution is 5.98. The molecule has 2 saturated heterocycles. The second kappa shape index (κ2) is 11.5. The molecule has 4 aliphatic carbocycles. The number of carbonyl (C=O) groups is 2. The molecule has 2 N–H and O–H groups in total. The molecule has 4 spiro atoms. The Morgan fingerprint density at radius 1 is 0.429 bits per heavy atom. The lowest BCUT2D eigenvalue weighted by atomic mass is 9.72. The Labute approximate surface area is 253 Å². The molecule has 6 heteroatoms. The Hall–Kier alpha value is -1.92. The molecule has 2 heterocycles. The van der Waals surface area contributed by atoms with Gasteiger partial charge in [-0.25, -0.2) is 0 Å². The first-order chi connectivity index (χ1) is 20.4. The standard InChI is InChI=1S/C36H54N4O2/c41-31(39-25-33(17-5-1-6-18-33)37-34(26-39)19-7-2-8-20-34)29-13-15-30(16-14-29)32(42)40-27-35(21-9-3-10-22-35)38-36(28-40)23-11-4-12-24-36/h13-16,37-38H,1-12,17-28H2. The van der Waals surface area contributed by atoms with Gasteiger partial charge in [0.05, 0.1) is 0 Å². The van der Waals surface area contributed by atoms with Crippen LogP contribution >= 0.6 is 0 Å². The normalized spacial score (nSPS) is 28.3. The zero-order chi connectivity index (χ0) is 28.7. The van der Waals surface area contributed by atoms with E-state index in [1.165, 1.54) is 128 Å². The number of rotatable bonds is 2. The van der Waals surface area contributed by atoms with Crippen LogP contribution in [0.1, 0.15) is 149 Å². The predicted octanol–water partition coefficient (Wildman–Crippen LogP) is 6.59. The van der Waals surface area contributed by atoms with Crippen molar-refractivity contribution in [1.82, 2.24) is 20.4 Å². The third kappa shape index (κ3) is 5.67. The lowest BCUT2D eigenvalue weighted by Gasteiger charge is -2.56. The molecule has 6 nitrogen and oxygen atoms in total. The van der Waals surface area contributed by atoms with Crippen molar-refractivity contribution in [2.24, 2.45) is 0 Å². The van der Waals surface area contributed by atoms with Crippen molar-refractivity contribution in [2.45, 2.75) is 151 Å². The predicted molar refractivity (Wildman–Crippen MR) is 168 cm³/mol. The van der Waals surface area contributed by atoms with Crippen LogP contribution in [-0.4, -0.2) is 69.9 Å². The van der Waals surface area contributed by atoms with E-state index in [1.54, 1.807) is 0 Å².